The summed E-state index contributed by atoms with van der Waals surface area (Å²) in [5.41, 5.74) is 0.448. The van der Waals surface area contributed by atoms with Crippen molar-refractivity contribution in [2.75, 3.05) is 19.5 Å². The molecule has 0 aromatic heterocycles. The van der Waals surface area contributed by atoms with Crippen LogP contribution >= 0.6 is 0 Å². The summed E-state index contributed by atoms with van der Waals surface area (Å²) in [6, 6.07) is 6.37. The molecular formula is C11H16FNO2. The van der Waals surface area contributed by atoms with E-state index in [9.17, 15) is 4.39 Å². The molecule has 0 aliphatic carbocycles. The molecule has 0 bridgehead atoms. The highest BCUT2D eigenvalue weighted by molar-refractivity contribution is 5.45. The minimum absolute atomic E-state index is 0.128. The van der Waals surface area contributed by atoms with Gasteiger partial charge in [-0.1, -0.05) is 12.1 Å². The Labute approximate surface area is 89.2 Å². The van der Waals surface area contributed by atoms with Crippen molar-refractivity contribution in [2.24, 2.45) is 0 Å². The van der Waals surface area contributed by atoms with E-state index in [1.54, 1.807) is 32.4 Å². The highest BCUT2D eigenvalue weighted by Crippen LogP contribution is 2.15. The van der Waals surface area contributed by atoms with Gasteiger partial charge in [0, 0.05) is 14.2 Å². The minimum atomic E-state index is -0.399. The minimum Gasteiger partial charge on any atom is -0.375 e. The van der Waals surface area contributed by atoms with Crippen molar-refractivity contribution < 1.29 is 13.9 Å². The van der Waals surface area contributed by atoms with E-state index in [0.29, 0.717) is 5.69 Å². The highest BCUT2D eigenvalue weighted by atomic mass is 19.1. The third-order valence-electron chi connectivity index (χ3n) is 2.13. The molecule has 1 aromatic carbocycles. The van der Waals surface area contributed by atoms with Crippen LogP contribution in [0.25, 0.3) is 0 Å². The van der Waals surface area contributed by atoms with Gasteiger partial charge in [0.25, 0.3) is 0 Å². The smallest absolute Gasteiger partial charge is 0.176 e. The molecule has 4 heteroatoms. The molecule has 84 valence electrons. The SMILES string of the molecule is COC(OC)C(C)Nc1ccccc1F. The predicted molar refractivity (Wildman–Crippen MR) is 57.3 cm³/mol. The Morgan fingerprint density at radius 3 is 2.33 bits per heavy atom. The van der Waals surface area contributed by atoms with Gasteiger partial charge in [0.1, 0.15) is 5.82 Å². The number of benzene rings is 1. The zero-order valence-electron chi connectivity index (χ0n) is 9.16. The second-order valence-corrected chi connectivity index (χ2v) is 3.25. The summed E-state index contributed by atoms with van der Waals surface area (Å²) in [7, 11) is 3.10. The van der Waals surface area contributed by atoms with Gasteiger partial charge in [0.05, 0.1) is 11.7 Å². The molecule has 15 heavy (non-hydrogen) atoms. The summed E-state index contributed by atoms with van der Waals surface area (Å²) in [5.74, 6) is -0.282. The van der Waals surface area contributed by atoms with Crippen molar-refractivity contribution in [1.29, 1.82) is 0 Å². The molecule has 0 amide bonds. The van der Waals surface area contributed by atoms with Gasteiger partial charge in [-0.25, -0.2) is 4.39 Å². The van der Waals surface area contributed by atoms with Crippen molar-refractivity contribution in [3.8, 4) is 0 Å². The highest BCUT2D eigenvalue weighted by Gasteiger charge is 2.16. The molecule has 0 aliphatic heterocycles. The lowest BCUT2D eigenvalue weighted by Crippen LogP contribution is -2.34. The molecular weight excluding hydrogens is 197 g/mol. The normalized spacial score (nSPS) is 12.9. The van der Waals surface area contributed by atoms with Crippen LogP contribution in [-0.4, -0.2) is 26.6 Å². The zero-order chi connectivity index (χ0) is 11.3. The van der Waals surface area contributed by atoms with E-state index in [1.165, 1.54) is 6.07 Å². The van der Waals surface area contributed by atoms with Crippen LogP contribution in [0.2, 0.25) is 0 Å². The fourth-order valence-corrected chi connectivity index (χ4v) is 1.40. The van der Waals surface area contributed by atoms with Crippen LogP contribution in [-0.2, 0) is 9.47 Å². The van der Waals surface area contributed by atoms with Gasteiger partial charge >= 0.3 is 0 Å². The number of anilines is 1. The average Bonchev–Trinajstić information content (AvgIpc) is 2.23. The van der Waals surface area contributed by atoms with Gasteiger partial charge in [0.15, 0.2) is 6.29 Å². The molecule has 0 saturated heterocycles. The van der Waals surface area contributed by atoms with E-state index < -0.39 is 6.29 Å². The molecule has 0 aliphatic rings. The molecule has 0 radical (unpaired) electrons. The van der Waals surface area contributed by atoms with Crippen molar-refractivity contribution in [1.82, 2.24) is 0 Å². The van der Waals surface area contributed by atoms with E-state index in [1.807, 2.05) is 6.92 Å². The number of para-hydroxylation sites is 1. The maximum absolute atomic E-state index is 13.3. The lowest BCUT2D eigenvalue weighted by molar-refractivity contribution is -0.109. The number of halogens is 1. The van der Waals surface area contributed by atoms with Crippen LogP contribution in [0.5, 0.6) is 0 Å². The number of ether oxygens (including phenoxy) is 2. The third kappa shape index (κ3) is 3.18. The van der Waals surface area contributed by atoms with Crippen LogP contribution in [0.1, 0.15) is 6.92 Å². The average molecular weight is 213 g/mol. The number of nitrogens with one attached hydrogen (secondary N) is 1. The molecule has 1 rings (SSSR count). The van der Waals surface area contributed by atoms with Crippen molar-refractivity contribution in [2.45, 2.75) is 19.3 Å². The Morgan fingerprint density at radius 2 is 1.80 bits per heavy atom. The van der Waals surface area contributed by atoms with Gasteiger partial charge in [-0.05, 0) is 19.1 Å². The Hall–Kier alpha value is -1.13. The Kier molecular flexibility index (Phi) is 4.52. The molecule has 0 heterocycles. The Morgan fingerprint density at radius 1 is 1.20 bits per heavy atom. The molecule has 0 saturated carbocycles. The van der Waals surface area contributed by atoms with Crippen LogP contribution in [0.3, 0.4) is 0 Å². The van der Waals surface area contributed by atoms with Gasteiger partial charge in [-0.3, -0.25) is 0 Å². The summed E-state index contributed by atoms with van der Waals surface area (Å²) in [6.45, 7) is 1.87. The first kappa shape index (κ1) is 11.9. The van der Waals surface area contributed by atoms with Crippen molar-refractivity contribution in [3.63, 3.8) is 0 Å². The summed E-state index contributed by atoms with van der Waals surface area (Å²) in [4.78, 5) is 0. The van der Waals surface area contributed by atoms with Crippen LogP contribution in [0, 0.1) is 5.82 Å². The molecule has 1 N–H and O–H groups in total. The Bertz CT molecular complexity index is 302. The summed E-state index contributed by atoms with van der Waals surface area (Å²) in [5, 5.41) is 2.99. The fourth-order valence-electron chi connectivity index (χ4n) is 1.40. The van der Waals surface area contributed by atoms with Gasteiger partial charge in [-0.15, -0.1) is 0 Å². The standard InChI is InChI=1S/C11H16FNO2/c1-8(11(14-2)15-3)13-10-7-5-4-6-9(10)12/h4-8,11,13H,1-3H3. The Balaban J connectivity index is 2.65. The third-order valence-corrected chi connectivity index (χ3v) is 2.13. The summed E-state index contributed by atoms with van der Waals surface area (Å²) >= 11 is 0. The first-order chi connectivity index (χ1) is 7.19. The monoisotopic (exact) mass is 213 g/mol. The van der Waals surface area contributed by atoms with Gasteiger partial charge in [-0.2, -0.15) is 0 Å². The molecule has 1 unspecified atom stereocenters. The van der Waals surface area contributed by atoms with E-state index in [0.717, 1.165) is 0 Å². The summed E-state index contributed by atoms with van der Waals surface area (Å²) < 4.78 is 23.4. The van der Waals surface area contributed by atoms with Crippen LogP contribution in [0.4, 0.5) is 10.1 Å². The number of methoxy groups -OCH3 is 2. The molecule has 1 aromatic rings. The molecule has 1 atom stereocenters. The summed E-state index contributed by atoms with van der Waals surface area (Å²) in [6.07, 6.45) is -0.399. The van der Waals surface area contributed by atoms with E-state index in [2.05, 4.69) is 5.32 Å². The van der Waals surface area contributed by atoms with E-state index >= 15 is 0 Å². The number of hydrogen-bond acceptors (Lipinski definition) is 3. The van der Waals surface area contributed by atoms with Gasteiger partial charge < -0.3 is 14.8 Å². The first-order valence-electron chi connectivity index (χ1n) is 4.75. The van der Waals surface area contributed by atoms with Crippen molar-refractivity contribution in [3.05, 3.63) is 30.1 Å². The first-order valence-corrected chi connectivity index (χ1v) is 4.75. The lowest BCUT2D eigenvalue weighted by Gasteiger charge is -2.23. The molecule has 3 nitrogen and oxygen atoms in total. The van der Waals surface area contributed by atoms with E-state index in [-0.39, 0.29) is 11.9 Å². The predicted octanol–water partition coefficient (Wildman–Crippen LogP) is 2.25. The maximum Gasteiger partial charge on any atom is 0.176 e. The van der Waals surface area contributed by atoms with E-state index in [4.69, 9.17) is 9.47 Å². The second-order valence-electron chi connectivity index (χ2n) is 3.25. The quantitative estimate of drug-likeness (QED) is 0.761. The largest absolute Gasteiger partial charge is 0.375 e. The fraction of sp³-hybridized carbons (Fsp3) is 0.455. The van der Waals surface area contributed by atoms with Gasteiger partial charge in [0.2, 0.25) is 0 Å². The van der Waals surface area contributed by atoms with Crippen LogP contribution in [0.15, 0.2) is 24.3 Å². The zero-order valence-corrected chi connectivity index (χ0v) is 9.16. The van der Waals surface area contributed by atoms with Crippen LogP contribution < -0.4 is 5.32 Å². The number of rotatable bonds is 5. The lowest BCUT2D eigenvalue weighted by atomic mass is 10.2. The molecule has 0 fully saturated rings. The second kappa shape index (κ2) is 5.68. The number of hydrogen-bond donors (Lipinski definition) is 1. The molecule has 0 spiro atoms. The topological polar surface area (TPSA) is 30.5 Å². The van der Waals surface area contributed by atoms with Crippen molar-refractivity contribution >= 4 is 5.69 Å². The maximum atomic E-state index is 13.3.